The molecule has 0 unspecified atom stereocenters. The van der Waals surface area contributed by atoms with Gasteiger partial charge in [0.2, 0.25) is 0 Å². The lowest BCUT2D eigenvalue weighted by molar-refractivity contribution is 0.223. The average molecular weight is 390 g/mol. The van der Waals surface area contributed by atoms with Crippen LogP contribution in [0.25, 0.3) is 0 Å². The van der Waals surface area contributed by atoms with E-state index in [2.05, 4.69) is 5.32 Å². The van der Waals surface area contributed by atoms with Crippen molar-refractivity contribution in [3.05, 3.63) is 58.7 Å². The molecule has 0 fully saturated rings. The molecule has 0 bridgehead atoms. The van der Waals surface area contributed by atoms with Gasteiger partial charge in [-0.25, -0.2) is 10.6 Å². The van der Waals surface area contributed by atoms with E-state index in [0.29, 0.717) is 18.0 Å². The molecule has 8 nitrogen and oxygen atoms in total. The highest BCUT2D eigenvalue weighted by atomic mass is 16.5. The zero-order chi connectivity index (χ0) is 20.6. The van der Waals surface area contributed by atoms with Crippen LogP contribution in [0.3, 0.4) is 0 Å². The number of aliphatic hydroxyl groups excluding tert-OH is 1. The number of hydrazine groups is 1. The molecule has 0 saturated carbocycles. The lowest BCUT2D eigenvalue weighted by atomic mass is 10.0. The number of aliphatic hydroxyl groups is 1. The van der Waals surface area contributed by atoms with E-state index in [0.717, 1.165) is 40.1 Å². The number of carbonyl (C=O) groups excluding carboxylic acids is 1. The largest absolute Gasteiger partial charge is 0.489 e. The number of nitrogens with zero attached hydrogens (tertiary/aromatic N) is 1. The van der Waals surface area contributed by atoms with Crippen molar-refractivity contribution in [2.45, 2.75) is 27.4 Å². The smallest absolute Gasteiger partial charge is 0.335 e. The van der Waals surface area contributed by atoms with E-state index in [4.69, 9.17) is 21.1 Å². The summed E-state index contributed by atoms with van der Waals surface area (Å²) in [6, 6.07) is 10.9. The molecule has 154 valence electrons. The van der Waals surface area contributed by atoms with Crippen LogP contribution >= 0.6 is 0 Å². The number of nitrogens with one attached hydrogen (secondary N) is 2. The predicted octanol–water partition coefficient (Wildman–Crippen LogP) is 3.38. The van der Waals surface area contributed by atoms with Gasteiger partial charge >= 0.3 is 6.03 Å². The number of rotatable bonds is 5. The third-order valence-electron chi connectivity index (χ3n) is 3.96. The van der Waals surface area contributed by atoms with Gasteiger partial charge in [0.25, 0.3) is 0 Å². The summed E-state index contributed by atoms with van der Waals surface area (Å²) in [5.41, 5.74) is 5.00. The fourth-order valence-corrected chi connectivity index (χ4v) is 2.52. The van der Waals surface area contributed by atoms with Crippen molar-refractivity contribution in [1.82, 2.24) is 11.2 Å². The second-order valence-corrected chi connectivity index (χ2v) is 6.03. The highest BCUT2D eigenvalue weighted by Gasteiger charge is 2.12. The highest BCUT2D eigenvalue weighted by molar-refractivity contribution is 5.97. The van der Waals surface area contributed by atoms with Crippen LogP contribution in [0.4, 0.5) is 10.5 Å². The number of urea groups is 1. The molecule has 8 heteroatoms. The molecule has 0 aromatic heterocycles. The van der Waals surface area contributed by atoms with Crippen molar-refractivity contribution in [3.8, 4) is 5.75 Å². The minimum absolute atomic E-state index is 0. The monoisotopic (exact) mass is 389 g/mol. The van der Waals surface area contributed by atoms with Crippen LogP contribution in [0.2, 0.25) is 0 Å². The normalized spacial score (nSPS) is 9.39. The van der Waals surface area contributed by atoms with Gasteiger partial charge in [0.15, 0.2) is 0 Å². The Morgan fingerprint density at radius 3 is 2.39 bits per heavy atom. The van der Waals surface area contributed by atoms with Crippen LogP contribution < -0.4 is 22.0 Å². The number of carbonyl (C=O) groups is 1. The standard InChI is InChI=1S/C19H24N4O2.CH4O.H3N/c1-12-6-5-7-18(22-19(24)23(4)21)17(12)11-25-15-8-9-16(14(3)20)13(2)10-15;1-2;/h5-10,20H,11,21H2,1-4H3,(H,22,24);2H,1H3;1H3. The maximum absolute atomic E-state index is 11.8. The second kappa shape index (κ2) is 11.7. The van der Waals surface area contributed by atoms with Crippen LogP contribution in [0.5, 0.6) is 5.75 Å². The van der Waals surface area contributed by atoms with Gasteiger partial charge in [0.1, 0.15) is 12.4 Å². The van der Waals surface area contributed by atoms with E-state index >= 15 is 0 Å². The molecule has 28 heavy (non-hydrogen) atoms. The summed E-state index contributed by atoms with van der Waals surface area (Å²) in [6.07, 6.45) is 0. The van der Waals surface area contributed by atoms with Crippen molar-refractivity contribution in [1.29, 1.82) is 5.41 Å². The lowest BCUT2D eigenvalue weighted by Gasteiger charge is -2.17. The molecule has 2 rings (SSSR count). The summed E-state index contributed by atoms with van der Waals surface area (Å²) in [5, 5.41) is 18.5. The molecule has 2 aromatic rings. The fourth-order valence-electron chi connectivity index (χ4n) is 2.52. The quantitative estimate of drug-likeness (QED) is 0.230. The summed E-state index contributed by atoms with van der Waals surface area (Å²) in [4.78, 5) is 11.8. The van der Waals surface area contributed by atoms with E-state index in [9.17, 15) is 4.79 Å². The zero-order valence-corrected chi connectivity index (χ0v) is 17.2. The van der Waals surface area contributed by atoms with E-state index in [1.165, 1.54) is 7.05 Å². The van der Waals surface area contributed by atoms with Crippen molar-refractivity contribution >= 4 is 17.4 Å². The predicted molar refractivity (Wildman–Crippen MR) is 113 cm³/mol. The van der Waals surface area contributed by atoms with Gasteiger partial charge in [-0.2, -0.15) is 0 Å². The molecule has 0 heterocycles. The number of hydrogen-bond acceptors (Lipinski definition) is 6. The molecule has 8 N–H and O–H groups in total. The van der Waals surface area contributed by atoms with E-state index in [1.807, 2.05) is 50.2 Å². The van der Waals surface area contributed by atoms with Crippen LogP contribution in [0.1, 0.15) is 29.2 Å². The number of benzene rings is 2. The first-order chi connectivity index (χ1) is 12.8. The third-order valence-corrected chi connectivity index (χ3v) is 3.96. The average Bonchev–Trinajstić information content (AvgIpc) is 2.62. The van der Waals surface area contributed by atoms with Gasteiger partial charge in [-0.05, 0) is 61.7 Å². The van der Waals surface area contributed by atoms with Crippen LogP contribution in [-0.2, 0) is 6.61 Å². The number of hydrogen-bond donors (Lipinski definition) is 5. The first-order valence-electron chi connectivity index (χ1n) is 8.41. The van der Waals surface area contributed by atoms with Crippen LogP contribution in [-0.4, -0.2) is 36.0 Å². The molecular weight excluding hydrogens is 358 g/mol. The van der Waals surface area contributed by atoms with Gasteiger partial charge in [-0.15, -0.1) is 0 Å². The molecular formula is C20H31N5O3. The number of aryl methyl sites for hydroxylation is 2. The molecule has 0 aliphatic carbocycles. The van der Waals surface area contributed by atoms with E-state index in [1.54, 1.807) is 6.92 Å². The Kier molecular flexibility index (Phi) is 10.5. The fraction of sp³-hybridized carbons (Fsp3) is 0.300. The number of anilines is 1. The maximum atomic E-state index is 11.8. The number of ether oxygens (including phenoxy) is 1. The molecule has 2 amide bonds. The van der Waals surface area contributed by atoms with Gasteiger partial charge < -0.3 is 26.7 Å². The summed E-state index contributed by atoms with van der Waals surface area (Å²) in [6.45, 7) is 6.00. The molecule has 0 aliphatic rings. The van der Waals surface area contributed by atoms with Gasteiger partial charge in [-0.1, -0.05) is 12.1 Å². The Bertz CT molecular complexity index is 806. The van der Waals surface area contributed by atoms with Crippen molar-refractivity contribution in [2.75, 3.05) is 19.5 Å². The Labute approximate surface area is 166 Å². The third kappa shape index (κ3) is 6.66. The van der Waals surface area contributed by atoms with Crippen LogP contribution in [0.15, 0.2) is 36.4 Å². The van der Waals surface area contributed by atoms with Gasteiger partial charge in [0.05, 0.1) is 0 Å². The number of nitrogens with two attached hydrogens (primary N) is 1. The van der Waals surface area contributed by atoms with Crippen molar-refractivity contribution < 1.29 is 14.6 Å². The number of amides is 2. The van der Waals surface area contributed by atoms with Gasteiger partial charge in [-0.3, -0.25) is 5.01 Å². The van der Waals surface area contributed by atoms with Crippen LogP contribution in [0, 0.1) is 19.3 Å². The Balaban J connectivity index is 0.00000235. The molecule has 0 radical (unpaired) electrons. The molecule has 2 aromatic carbocycles. The van der Waals surface area contributed by atoms with Crippen molar-refractivity contribution in [3.63, 3.8) is 0 Å². The summed E-state index contributed by atoms with van der Waals surface area (Å²) in [7, 11) is 2.48. The minimum Gasteiger partial charge on any atom is -0.489 e. The Hall–Kier alpha value is -2.94. The highest BCUT2D eigenvalue weighted by Crippen LogP contribution is 2.24. The molecule has 0 aliphatic heterocycles. The Morgan fingerprint density at radius 1 is 1.21 bits per heavy atom. The SMILES string of the molecule is CC(=N)c1ccc(OCc2c(C)cccc2NC(=O)N(C)N)cc1C.CO.N. The second-order valence-electron chi connectivity index (χ2n) is 6.03. The molecule has 0 spiro atoms. The van der Waals surface area contributed by atoms with Crippen molar-refractivity contribution in [2.24, 2.45) is 5.84 Å². The minimum atomic E-state index is -0.395. The maximum Gasteiger partial charge on any atom is 0.335 e. The summed E-state index contributed by atoms with van der Waals surface area (Å²) >= 11 is 0. The Morgan fingerprint density at radius 2 is 1.86 bits per heavy atom. The topological polar surface area (TPSA) is 147 Å². The summed E-state index contributed by atoms with van der Waals surface area (Å²) < 4.78 is 5.90. The van der Waals surface area contributed by atoms with Gasteiger partial charge in [0, 0.05) is 31.1 Å². The lowest BCUT2D eigenvalue weighted by Crippen LogP contribution is -2.37. The first-order valence-corrected chi connectivity index (χ1v) is 8.41. The molecule has 0 saturated heterocycles. The first kappa shape index (κ1) is 25.1. The molecule has 0 atom stereocenters. The van der Waals surface area contributed by atoms with E-state index in [-0.39, 0.29) is 6.15 Å². The summed E-state index contributed by atoms with van der Waals surface area (Å²) in [5.74, 6) is 6.19. The van der Waals surface area contributed by atoms with E-state index < -0.39 is 6.03 Å². The zero-order valence-electron chi connectivity index (χ0n) is 17.2.